The van der Waals surface area contributed by atoms with Gasteiger partial charge in [0, 0.05) is 23.3 Å². The molecule has 0 fully saturated rings. The molecule has 3 aromatic rings. The fraction of sp³-hybridized carbons (Fsp3) is 0. The molecule has 4 rings (SSSR count). The first-order chi connectivity index (χ1) is 12.1. The van der Waals surface area contributed by atoms with Gasteiger partial charge in [-0.1, -0.05) is 30.3 Å². The molecule has 1 amide bonds. The topological polar surface area (TPSA) is 106 Å². The van der Waals surface area contributed by atoms with Crippen molar-refractivity contribution in [3.05, 3.63) is 81.4 Å². The quantitative estimate of drug-likeness (QED) is 0.582. The molecule has 122 valence electrons. The highest BCUT2D eigenvalue weighted by Gasteiger charge is 2.35. The second-order valence-corrected chi connectivity index (χ2v) is 5.42. The maximum Gasteiger partial charge on any atom is 0.293 e. The number of rotatable bonds is 3. The summed E-state index contributed by atoms with van der Waals surface area (Å²) in [4.78, 5) is 26.6. The standard InChI is InChI=1S/C18H10N2O5/c21-17-14-13(15(19-17)10-4-2-1-3-5-10)18(22)25-16(14)11-6-8-12(9-7-11)20(23)24/h1-9,22H. The molecule has 1 aromatic heterocycles. The number of nitro benzene ring substituents is 1. The normalized spacial score (nSPS) is 12.8. The van der Waals surface area contributed by atoms with E-state index in [2.05, 4.69) is 4.99 Å². The predicted molar refractivity (Wildman–Crippen MR) is 88.9 cm³/mol. The molecule has 7 heteroatoms. The van der Waals surface area contributed by atoms with Crippen LogP contribution in [0.3, 0.4) is 0 Å². The summed E-state index contributed by atoms with van der Waals surface area (Å²) in [6.07, 6.45) is 0. The molecule has 0 atom stereocenters. The summed E-state index contributed by atoms with van der Waals surface area (Å²) >= 11 is 0. The van der Waals surface area contributed by atoms with Crippen molar-refractivity contribution < 1.29 is 19.2 Å². The van der Waals surface area contributed by atoms with Crippen molar-refractivity contribution in [3.8, 4) is 17.3 Å². The monoisotopic (exact) mass is 334 g/mol. The predicted octanol–water partition coefficient (Wildman–Crippen LogP) is 3.55. The average Bonchev–Trinajstić information content (AvgIpc) is 3.15. The molecule has 1 aliphatic heterocycles. The molecule has 0 aliphatic carbocycles. The molecule has 1 N–H and O–H groups in total. The summed E-state index contributed by atoms with van der Waals surface area (Å²) in [5.74, 6) is -0.787. The van der Waals surface area contributed by atoms with Crippen LogP contribution in [0.2, 0.25) is 0 Å². The van der Waals surface area contributed by atoms with Crippen LogP contribution in [0.1, 0.15) is 21.5 Å². The largest absolute Gasteiger partial charge is 0.480 e. The highest BCUT2D eigenvalue weighted by atomic mass is 16.6. The first-order valence-electron chi connectivity index (χ1n) is 7.35. The molecule has 7 nitrogen and oxygen atoms in total. The van der Waals surface area contributed by atoms with Crippen LogP contribution in [0.15, 0.2) is 64.0 Å². The van der Waals surface area contributed by atoms with Gasteiger partial charge in [0.15, 0.2) is 5.76 Å². The van der Waals surface area contributed by atoms with Crippen LogP contribution < -0.4 is 0 Å². The van der Waals surface area contributed by atoms with E-state index in [0.29, 0.717) is 16.8 Å². The van der Waals surface area contributed by atoms with Crippen molar-refractivity contribution in [3.63, 3.8) is 0 Å². The SMILES string of the molecule is O=C1N=C(c2ccccc2)c2c(O)oc(-c3ccc([N+](=O)[O-])cc3)c21. The Morgan fingerprint density at radius 3 is 2.28 bits per heavy atom. The first-order valence-corrected chi connectivity index (χ1v) is 7.35. The molecule has 25 heavy (non-hydrogen) atoms. The van der Waals surface area contributed by atoms with Gasteiger partial charge in [-0.2, -0.15) is 0 Å². The van der Waals surface area contributed by atoms with Gasteiger partial charge in [-0.05, 0) is 12.1 Å². The van der Waals surface area contributed by atoms with Gasteiger partial charge in [0.25, 0.3) is 17.5 Å². The number of aromatic hydroxyl groups is 1. The Morgan fingerprint density at radius 2 is 1.64 bits per heavy atom. The third-order valence-electron chi connectivity index (χ3n) is 3.94. The number of hydrogen-bond donors (Lipinski definition) is 1. The lowest BCUT2D eigenvalue weighted by Crippen LogP contribution is -1.98. The molecule has 0 radical (unpaired) electrons. The molecule has 2 heterocycles. The molecular weight excluding hydrogens is 324 g/mol. The van der Waals surface area contributed by atoms with Crippen LogP contribution in [0, 0.1) is 10.1 Å². The van der Waals surface area contributed by atoms with Crippen molar-refractivity contribution in [1.29, 1.82) is 0 Å². The lowest BCUT2D eigenvalue weighted by Gasteiger charge is -1.99. The van der Waals surface area contributed by atoms with Crippen LogP contribution in [0.5, 0.6) is 5.95 Å². The number of non-ortho nitro benzene ring substituents is 1. The molecule has 0 unspecified atom stereocenters. The number of nitrogens with zero attached hydrogens (tertiary/aromatic N) is 2. The number of carbonyl (C=O) groups is 1. The zero-order chi connectivity index (χ0) is 17.6. The van der Waals surface area contributed by atoms with E-state index in [9.17, 15) is 20.0 Å². The summed E-state index contributed by atoms with van der Waals surface area (Å²) in [6.45, 7) is 0. The third kappa shape index (κ3) is 2.29. The van der Waals surface area contributed by atoms with Crippen molar-refractivity contribution >= 4 is 17.3 Å². The van der Waals surface area contributed by atoms with E-state index in [1.54, 1.807) is 24.3 Å². The molecule has 1 aliphatic rings. The van der Waals surface area contributed by atoms with E-state index in [0.717, 1.165) is 0 Å². The maximum atomic E-state index is 12.4. The van der Waals surface area contributed by atoms with Crippen molar-refractivity contribution in [2.75, 3.05) is 0 Å². The molecule has 0 saturated carbocycles. The minimum Gasteiger partial charge on any atom is -0.480 e. The summed E-state index contributed by atoms with van der Waals surface area (Å²) in [5.41, 5.74) is 1.79. The number of fused-ring (bicyclic) bond motifs is 1. The van der Waals surface area contributed by atoms with E-state index >= 15 is 0 Å². The summed E-state index contributed by atoms with van der Waals surface area (Å²) in [5, 5.41) is 21.0. The fourth-order valence-electron chi connectivity index (χ4n) is 2.80. The maximum absolute atomic E-state index is 12.4. The smallest absolute Gasteiger partial charge is 0.293 e. The highest BCUT2D eigenvalue weighted by molar-refractivity contribution is 6.30. The van der Waals surface area contributed by atoms with E-state index in [1.807, 2.05) is 6.07 Å². The Labute approximate surface area is 141 Å². The van der Waals surface area contributed by atoms with Crippen LogP contribution in [-0.2, 0) is 0 Å². The zero-order valence-electron chi connectivity index (χ0n) is 12.7. The molecule has 0 bridgehead atoms. The Balaban J connectivity index is 1.84. The Bertz CT molecular complexity index is 1030. The Morgan fingerprint density at radius 1 is 0.960 bits per heavy atom. The van der Waals surface area contributed by atoms with Crippen molar-refractivity contribution in [2.45, 2.75) is 0 Å². The first kappa shape index (κ1) is 14.8. The minimum atomic E-state index is -0.522. The molecule has 0 spiro atoms. The van der Waals surface area contributed by atoms with Gasteiger partial charge in [-0.25, -0.2) is 4.99 Å². The fourth-order valence-corrected chi connectivity index (χ4v) is 2.80. The Hall–Kier alpha value is -3.74. The number of benzene rings is 2. The Kier molecular flexibility index (Phi) is 3.21. The van der Waals surface area contributed by atoms with Gasteiger partial charge in [-0.15, -0.1) is 0 Å². The second kappa shape index (κ2) is 5.41. The van der Waals surface area contributed by atoms with Gasteiger partial charge >= 0.3 is 0 Å². The highest BCUT2D eigenvalue weighted by Crippen LogP contribution is 2.40. The molecule has 2 aromatic carbocycles. The van der Waals surface area contributed by atoms with Gasteiger partial charge < -0.3 is 9.52 Å². The van der Waals surface area contributed by atoms with Crippen LogP contribution in [0.4, 0.5) is 5.69 Å². The summed E-state index contributed by atoms with van der Waals surface area (Å²) in [6, 6.07) is 14.5. The van der Waals surface area contributed by atoms with Crippen LogP contribution in [0.25, 0.3) is 11.3 Å². The lowest BCUT2D eigenvalue weighted by molar-refractivity contribution is -0.384. The lowest BCUT2D eigenvalue weighted by atomic mass is 10.0. The van der Waals surface area contributed by atoms with Gasteiger partial charge in [0.2, 0.25) is 0 Å². The van der Waals surface area contributed by atoms with Crippen molar-refractivity contribution in [2.24, 2.45) is 4.99 Å². The van der Waals surface area contributed by atoms with Crippen LogP contribution in [-0.4, -0.2) is 21.6 Å². The van der Waals surface area contributed by atoms with Crippen molar-refractivity contribution in [1.82, 2.24) is 0 Å². The number of hydrogen-bond acceptors (Lipinski definition) is 5. The number of aliphatic imine (C=N–C) groups is 1. The van der Waals surface area contributed by atoms with E-state index < -0.39 is 16.8 Å². The van der Waals surface area contributed by atoms with E-state index in [1.165, 1.54) is 24.3 Å². The van der Waals surface area contributed by atoms with Gasteiger partial charge in [-0.3, -0.25) is 14.9 Å². The van der Waals surface area contributed by atoms with Gasteiger partial charge in [0.1, 0.15) is 5.56 Å². The number of carbonyl (C=O) groups excluding carboxylic acids is 1. The number of furan rings is 1. The average molecular weight is 334 g/mol. The summed E-state index contributed by atoms with van der Waals surface area (Å²) < 4.78 is 5.38. The van der Waals surface area contributed by atoms with E-state index in [-0.39, 0.29) is 22.6 Å². The van der Waals surface area contributed by atoms with E-state index in [4.69, 9.17) is 4.42 Å². The minimum absolute atomic E-state index is 0.0799. The third-order valence-corrected chi connectivity index (χ3v) is 3.94. The number of nitro groups is 1. The zero-order valence-corrected chi connectivity index (χ0v) is 12.7. The van der Waals surface area contributed by atoms with Crippen LogP contribution >= 0.6 is 0 Å². The second-order valence-electron chi connectivity index (χ2n) is 5.42. The summed E-state index contributed by atoms with van der Waals surface area (Å²) in [7, 11) is 0. The molecular formula is C18H10N2O5. The van der Waals surface area contributed by atoms with Gasteiger partial charge in [0.05, 0.1) is 16.2 Å². The number of amides is 1. The molecule has 0 saturated heterocycles.